The van der Waals surface area contributed by atoms with Crippen molar-refractivity contribution in [3.63, 3.8) is 0 Å². The highest BCUT2D eigenvalue weighted by Gasteiger charge is 2.18. The number of hydrogen-bond donors (Lipinski definition) is 3. The number of amides is 1. The summed E-state index contributed by atoms with van der Waals surface area (Å²) in [6, 6.07) is 9.36. The molecule has 1 amide bonds. The lowest BCUT2D eigenvalue weighted by molar-refractivity contribution is -0.116. The summed E-state index contributed by atoms with van der Waals surface area (Å²) in [5.74, 6) is 0.927. The van der Waals surface area contributed by atoms with E-state index in [0.29, 0.717) is 18.3 Å². The van der Waals surface area contributed by atoms with E-state index in [9.17, 15) is 9.90 Å². The number of rotatable bonds is 9. The fourth-order valence-electron chi connectivity index (χ4n) is 3.77. The lowest BCUT2D eigenvalue weighted by Crippen LogP contribution is -2.35. The predicted molar refractivity (Wildman–Crippen MR) is 127 cm³/mol. The van der Waals surface area contributed by atoms with Gasteiger partial charge in [-0.15, -0.1) is 11.3 Å². The van der Waals surface area contributed by atoms with Gasteiger partial charge in [0.25, 0.3) is 0 Å². The van der Waals surface area contributed by atoms with Gasteiger partial charge in [-0.25, -0.2) is 15.0 Å². The number of benzene rings is 1. The predicted octanol–water partition coefficient (Wildman–Crippen LogP) is 3.77. The lowest BCUT2D eigenvalue weighted by atomic mass is 9.98. The number of nitrogens with one attached hydrogen (secondary N) is 2. The van der Waals surface area contributed by atoms with Crippen molar-refractivity contribution in [3.05, 3.63) is 48.1 Å². The van der Waals surface area contributed by atoms with E-state index in [0.717, 1.165) is 61.0 Å². The molecule has 0 unspecified atom stereocenters. The van der Waals surface area contributed by atoms with E-state index >= 15 is 0 Å². The molecule has 0 bridgehead atoms. The SMILES string of the molecule is O=C(CCCN1CCC(CO)CC1)Nc1cccc(Nc2nccc(-c3nccs3)n2)c1. The second-order valence-corrected chi connectivity index (χ2v) is 8.82. The Balaban J connectivity index is 1.26. The highest BCUT2D eigenvalue weighted by molar-refractivity contribution is 7.13. The fraction of sp³-hybridized carbons (Fsp3) is 0.391. The number of aliphatic hydroxyl groups excluding tert-OH is 1. The molecule has 8 nitrogen and oxygen atoms in total. The molecule has 0 spiro atoms. The third-order valence-electron chi connectivity index (χ3n) is 5.55. The molecule has 3 N–H and O–H groups in total. The molecule has 0 saturated carbocycles. The lowest BCUT2D eigenvalue weighted by Gasteiger charge is -2.30. The largest absolute Gasteiger partial charge is 0.396 e. The van der Waals surface area contributed by atoms with Crippen LogP contribution < -0.4 is 10.6 Å². The summed E-state index contributed by atoms with van der Waals surface area (Å²) in [5.41, 5.74) is 2.30. The summed E-state index contributed by atoms with van der Waals surface area (Å²) in [5, 5.41) is 18.2. The van der Waals surface area contributed by atoms with E-state index < -0.39 is 0 Å². The third-order valence-corrected chi connectivity index (χ3v) is 6.35. The Morgan fingerprint density at radius 1 is 1.16 bits per heavy atom. The molecule has 9 heteroatoms. The Kier molecular flexibility index (Phi) is 7.76. The molecule has 1 aromatic carbocycles. The Morgan fingerprint density at radius 2 is 2.00 bits per heavy atom. The highest BCUT2D eigenvalue weighted by Crippen LogP contribution is 2.23. The first-order valence-electron chi connectivity index (χ1n) is 10.9. The molecule has 1 aliphatic rings. The van der Waals surface area contributed by atoms with Crippen LogP contribution in [0.2, 0.25) is 0 Å². The number of anilines is 3. The van der Waals surface area contributed by atoms with Crippen molar-refractivity contribution in [3.8, 4) is 10.7 Å². The van der Waals surface area contributed by atoms with Crippen LogP contribution in [0.4, 0.5) is 17.3 Å². The van der Waals surface area contributed by atoms with Gasteiger partial charge in [0.1, 0.15) is 10.7 Å². The van der Waals surface area contributed by atoms with Gasteiger partial charge in [-0.1, -0.05) is 6.07 Å². The van der Waals surface area contributed by atoms with Gasteiger partial charge in [0.15, 0.2) is 0 Å². The number of likely N-dealkylation sites (tertiary alicyclic amines) is 1. The van der Waals surface area contributed by atoms with Gasteiger partial charge in [0.05, 0.1) is 0 Å². The molecular formula is C23H28N6O2S. The van der Waals surface area contributed by atoms with Crippen molar-refractivity contribution >= 4 is 34.6 Å². The summed E-state index contributed by atoms with van der Waals surface area (Å²) in [6.07, 6.45) is 6.84. The highest BCUT2D eigenvalue weighted by atomic mass is 32.1. The van der Waals surface area contributed by atoms with Gasteiger partial charge in [-0.2, -0.15) is 0 Å². The summed E-state index contributed by atoms with van der Waals surface area (Å²) >= 11 is 1.53. The first-order chi connectivity index (χ1) is 15.7. The maximum atomic E-state index is 12.4. The molecule has 1 aliphatic heterocycles. The van der Waals surface area contributed by atoms with Crippen LogP contribution in [0.15, 0.2) is 48.1 Å². The molecule has 0 radical (unpaired) electrons. The average Bonchev–Trinajstić information content (AvgIpc) is 3.35. The van der Waals surface area contributed by atoms with E-state index in [1.54, 1.807) is 12.4 Å². The number of nitrogens with zero attached hydrogens (tertiary/aromatic N) is 4. The quantitative estimate of drug-likeness (QED) is 0.454. The normalized spacial score (nSPS) is 14.9. The van der Waals surface area contributed by atoms with Crippen LogP contribution in [-0.2, 0) is 4.79 Å². The number of aliphatic hydroxyl groups is 1. The van der Waals surface area contributed by atoms with E-state index in [1.165, 1.54) is 11.3 Å². The Hall–Kier alpha value is -2.88. The number of thiazole rings is 1. The summed E-state index contributed by atoms with van der Waals surface area (Å²) < 4.78 is 0. The molecule has 32 heavy (non-hydrogen) atoms. The first kappa shape index (κ1) is 22.3. The van der Waals surface area contributed by atoms with Crippen LogP contribution in [0, 0.1) is 5.92 Å². The van der Waals surface area contributed by atoms with Crippen LogP contribution in [-0.4, -0.2) is 57.1 Å². The van der Waals surface area contributed by atoms with Crippen molar-refractivity contribution in [1.82, 2.24) is 19.9 Å². The van der Waals surface area contributed by atoms with Gasteiger partial charge < -0.3 is 20.6 Å². The van der Waals surface area contributed by atoms with Crippen molar-refractivity contribution in [2.75, 3.05) is 36.9 Å². The number of carbonyl (C=O) groups excluding carboxylic acids is 1. The molecule has 0 aliphatic carbocycles. The third kappa shape index (κ3) is 6.32. The molecule has 3 aromatic rings. The molecule has 0 atom stereocenters. The van der Waals surface area contributed by atoms with Gasteiger partial charge >= 0.3 is 0 Å². The summed E-state index contributed by atoms with van der Waals surface area (Å²) in [7, 11) is 0. The zero-order valence-corrected chi connectivity index (χ0v) is 18.7. The Bertz CT molecular complexity index is 1010. The van der Waals surface area contributed by atoms with Crippen molar-refractivity contribution in [2.24, 2.45) is 5.92 Å². The second kappa shape index (κ2) is 11.1. The van der Waals surface area contributed by atoms with Crippen LogP contribution in [0.5, 0.6) is 0 Å². The molecule has 4 rings (SSSR count). The van der Waals surface area contributed by atoms with Crippen molar-refractivity contribution in [2.45, 2.75) is 25.7 Å². The summed E-state index contributed by atoms with van der Waals surface area (Å²) in [6.45, 7) is 3.21. The smallest absolute Gasteiger partial charge is 0.227 e. The zero-order valence-electron chi connectivity index (χ0n) is 17.9. The average molecular weight is 453 g/mol. The van der Waals surface area contributed by atoms with Gasteiger partial charge in [0.2, 0.25) is 11.9 Å². The standard InChI is InChI=1S/C23H28N6O2S/c30-16-17-7-12-29(13-8-17)11-2-5-21(31)26-18-3-1-4-19(15-18)27-23-25-9-6-20(28-23)22-24-10-14-32-22/h1,3-4,6,9-10,14-15,17,30H,2,5,7-8,11-13,16H2,(H,26,31)(H,25,27,28). The molecular weight excluding hydrogens is 424 g/mol. The fourth-order valence-corrected chi connectivity index (χ4v) is 4.38. The maximum Gasteiger partial charge on any atom is 0.227 e. The van der Waals surface area contributed by atoms with Crippen molar-refractivity contribution < 1.29 is 9.90 Å². The summed E-state index contributed by atoms with van der Waals surface area (Å²) in [4.78, 5) is 27.8. The molecule has 1 fully saturated rings. The van der Waals surface area contributed by atoms with Crippen molar-refractivity contribution in [1.29, 1.82) is 0 Å². The van der Waals surface area contributed by atoms with Crippen LogP contribution in [0.25, 0.3) is 10.7 Å². The number of carbonyl (C=O) groups is 1. The Morgan fingerprint density at radius 3 is 2.78 bits per heavy atom. The molecule has 2 aromatic heterocycles. The van der Waals surface area contributed by atoms with Crippen LogP contribution in [0.3, 0.4) is 0 Å². The van der Waals surface area contributed by atoms with Gasteiger partial charge in [-0.05, 0) is 69.1 Å². The van der Waals surface area contributed by atoms with Crippen LogP contribution in [0.1, 0.15) is 25.7 Å². The van der Waals surface area contributed by atoms with Crippen LogP contribution >= 0.6 is 11.3 Å². The van der Waals surface area contributed by atoms with E-state index in [1.807, 2.05) is 35.7 Å². The number of piperidine rings is 1. The number of hydrogen-bond acceptors (Lipinski definition) is 8. The Labute approximate surface area is 191 Å². The molecule has 3 heterocycles. The molecule has 168 valence electrons. The number of aromatic nitrogens is 3. The minimum Gasteiger partial charge on any atom is -0.396 e. The second-order valence-electron chi connectivity index (χ2n) is 7.93. The van der Waals surface area contributed by atoms with E-state index in [2.05, 4.69) is 30.5 Å². The monoisotopic (exact) mass is 452 g/mol. The maximum absolute atomic E-state index is 12.4. The van der Waals surface area contributed by atoms with Gasteiger partial charge in [0, 0.05) is 42.2 Å². The topological polar surface area (TPSA) is 103 Å². The zero-order chi connectivity index (χ0) is 22.2. The minimum atomic E-state index is 0.00871. The van der Waals surface area contributed by atoms with E-state index in [4.69, 9.17) is 0 Å². The minimum absolute atomic E-state index is 0.00871. The first-order valence-corrected chi connectivity index (χ1v) is 11.8. The molecule has 1 saturated heterocycles. The van der Waals surface area contributed by atoms with E-state index in [-0.39, 0.29) is 12.5 Å². The van der Waals surface area contributed by atoms with Gasteiger partial charge in [-0.3, -0.25) is 4.79 Å².